The van der Waals surface area contributed by atoms with Gasteiger partial charge in [-0.25, -0.2) is 0 Å². The molecular weight excluding hydrogens is 324 g/mol. The second-order valence-electron chi connectivity index (χ2n) is 4.43. The molecule has 1 aromatic carbocycles. The molecule has 0 saturated carbocycles. The molecular formula is C12H12ClF6NO. The van der Waals surface area contributed by atoms with Crippen LogP contribution in [0, 0.1) is 0 Å². The summed E-state index contributed by atoms with van der Waals surface area (Å²) in [5, 5.41) is 2.75. The molecule has 1 aliphatic rings. The van der Waals surface area contributed by atoms with Crippen molar-refractivity contribution in [3.63, 3.8) is 0 Å². The van der Waals surface area contributed by atoms with Crippen molar-refractivity contribution >= 4 is 12.4 Å². The molecule has 1 aliphatic heterocycles. The van der Waals surface area contributed by atoms with Gasteiger partial charge in [0, 0.05) is 11.6 Å². The highest BCUT2D eigenvalue weighted by Crippen LogP contribution is 2.45. The van der Waals surface area contributed by atoms with Gasteiger partial charge in [-0.2, -0.15) is 26.3 Å². The summed E-state index contributed by atoms with van der Waals surface area (Å²) in [7, 11) is 1.05. The number of halogens is 7. The monoisotopic (exact) mass is 335 g/mol. The first-order valence-corrected chi connectivity index (χ1v) is 5.74. The normalized spacial score (nSPS) is 18.7. The maximum absolute atomic E-state index is 13.0. The van der Waals surface area contributed by atoms with E-state index < -0.39 is 35.3 Å². The van der Waals surface area contributed by atoms with Crippen LogP contribution < -0.4 is 10.1 Å². The average molecular weight is 336 g/mol. The minimum absolute atomic E-state index is 0. The van der Waals surface area contributed by atoms with Crippen molar-refractivity contribution in [2.75, 3.05) is 13.7 Å². The van der Waals surface area contributed by atoms with E-state index in [1.807, 2.05) is 0 Å². The van der Waals surface area contributed by atoms with Crippen LogP contribution in [-0.2, 0) is 12.4 Å². The summed E-state index contributed by atoms with van der Waals surface area (Å²) in [6, 6.07) is 0.103. The van der Waals surface area contributed by atoms with Crippen molar-refractivity contribution in [2.24, 2.45) is 0 Å². The molecule has 0 aromatic heterocycles. The third-order valence-corrected chi connectivity index (χ3v) is 3.17. The summed E-state index contributed by atoms with van der Waals surface area (Å²) in [5.41, 5.74) is -2.94. The average Bonchev–Trinajstić information content (AvgIpc) is 2.23. The van der Waals surface area contributed by atoms with Crippen molar-refractivity contribution in [3.8, 4) is 5.75 Å². The lowest BCUT2D eigenvalue weighted by Crippen LogP contribution is -2.36. The molecule has 1 aromatic rings. The minimum Gasteiger partial charge on any atom is -0.496 e. The fourth-order valence-corrected chi connectivity index (χ4v) is 2.09. The summed E-state index contributed by atoms with van der Waals surface area (Å²) < 4.78 is 81.7. The number of benzene rings is 1. The van der Waals surface area contributed by atoms with E-state index in [1.165, 1.54) is 0 Å². The summed E-state index contributed by atoms with van der Waals surface area (Å²) in [4.78, 5) is 0. The van der Waals surface area contributed by atoms with Gasteiger partial charge in [-0.3, -0.25) is 0 Å². The molecule has 2 nitrogen and oxygen atoms in total. The van der Waals surface area contributed by atoms with Crippen LogP contribution in [0.1, 0.15) is 29.2 Å². The quantitative estimate of drug-likeness (QED) is 0.818. The topological polar surface area (TPSA) is 21.3 Å². The Labute approximate surface area is 122 Å². The van der Waals surface area contributed by atoms with Crippen LogP contribution in [0.3, 0.4) is 0 Å². The number of hydrogen-bond donors (Lipinski definition) is 1. The third-order valence-electron chi connectivity index (χ3n) is 3.17. The Morgan fingerprint density at radius 2 is 1.67 bits per heavy atom. The van der Waals surface area contributed by atoms with Gasteiger partial charge in [0.25, 0.3) is 0 Å². The van der Waals surface area contributed by atoms with Gasteiger partial charge in [0.05, 0.1) is 18.2 Å². The largest absolute Gasteiger partial charge is 0.496 e. The number of nitrogens with one attached hydrogen (secondary N) is 1. The molecule has 0 radical (unpaired) electrons. The van der Waals surface area contributed by atoms with E-state index in [9.17, 15) is 26.3 Å². The number of ether oxygens (including phenoxy) is 1. The second kappa shape index (κ2) is 5.92. The van der Waals surface area contributed by atoms with E-state index >= 15 is 0 Å². The van der Waals surface area contributed by atoms with Crippen LogP contribution in [0.5, 0.6) is 5.75 Å². The first-order chi connectivity index (χ1) is 9.14. The van der Waals surface area contributed by atoms with E-state index in [1.54, 1.807) is 0 Å². The van der Waals surface area contributed by atoms with Gasteiger partial charge in [-0.05, 0) is 25.1 Å². The number of alkyl halides is 6. The van der Waals surface area contributed by atoms with Crippen molar-refractivity contribution in [1.82, 2.24) is 5.32 Å². The van der Waals surface area contributed by atoms with E-state index in [0.717, 1.165) is 7.11 Å². The lowest BCUT2D eigenvalue weighted by atomic mass is 9.90. The zero-order valence-corrected chi connectivity index (χ0v) is 11.5. The van der Waals surface area contributed by atoms with Crippen LogP contribution in [0.25, 0.3) is 0 Å². The maximum Gasteiger partial charge on any atom is 0.416 e. The Bertz CT molecular complexity index is 510. The van der Waals surface area contributed by atoms with Crippen molar-refractivity contribution < 1.29 is 31.1 Å². The highest BCUT2D eigenvalue weighted by Gasteiger charge is 2.42. The van der Waals surface area contributed by atoms with E-state index in [4.69, 9.17) is 4.74 Å². The van der Waals surface area contributed by atoms with Gasteiger partial charge in [0.15, 0.2) is 0 Å². The summed E-state index contributed by atoms with van der Waals surface area (Å²) in [5.74, 6) is -0.399. The second-order valence-corrected chi connectivity index (χ2v) is 4.43. The number of hydrogen-bond acceptors (Lipinski definition) is 2. The molecule has 0 amide bonds. The fraction of sp³-hybridized carbons (Fsp3) is 0.500. The van der Waals surface area contributed by atoms with Crippen molar-refractivity contribution in [2.45, 2.75) is 24.8 Å². The Hall–Kier alpha value is -1.15. The predicted molar refractivity (Wildman–Crippen MR) is 65.6 cm³/mol. The molecule has 120 valence electrons. The minimum atomic E-state index is -4.87. The van der Waals surface area contributed by atoms with Gasteiger partial charge in [-0.15, -0.1) is 12.4 Å². The van der Waals surface area contributed by atoms with Crippen LogP contribution in [-0.4, -0.2) is 13.7 Å². The molecule has 1 saturated heterocycles. The molecule has 2 rings (SSSR count). The maximum atomic E-state index is 13.0. The molecule has 0 bridgehead atoms. The zero-order chi connectivity index (χ0) is 15.1. The van der Waals surface area contributed by atoms with Gasteiger partial charge >= 0.3 is 12.4 Å². The predicted octanol–water partition coefficient (Wildman–Crippen LogP) is 4.19. The molecule has 9 heteroatoms. The van der Waals surface area contributed by atoms with Crippen LogP contribution in [0.15, 0.2) is 12.1 Å². The van der Waals surface area contributed by atoms with Crippen LogP contribution in [0.2, 0.25) is 0 Å². The molecule has 0 spiro atoms. The molecule has 1 heterocycles. The van der Waals surface area contributed by atoms with Gasteiger partial charge in [0.1, 0.15) is 5.75 Å². The lowest BCUT2D eigenvalue weighted by Gasteiger charge is -2.32. The molecule has 0 unspecified atom stereocenters. The van der Waals surface area contributed by atoms with E-state index in [2.05, 4.69) is 5.32 Å². The summed E-state index contributed by atoms with van der Waals surface area (Å²) in [6.07, 6.45) is -9.31. The van der Waals surface area contributed by atoms with Crippen molar-refractivity contribution in [3.05, 3.63) is 28.8 Å². The zero-order valence-electron chi connectivity index (χ0n) is 10.7. The smallest absolute Gasteiger partial charge is 0.416 e. The Kier molecular flexibility index (Phi) is 5.05. The standard InChI is InChI=1S/C12H11F6NO.ClH/c1-20-9-5-6(11(13,14)15)4-7(12(16,17)18)10(9)8-2-3-19-8;/h4-5,8,19H,2-3H2,1H3;1H/t8-;/m0./s1. The van der Waals surface area contributed by atoms with E-state index in [-0.39, 0.29) is 24.0 Å². The number of methoxy groups -OCH3 is 1. The molecule has 1 atom stereocenters. The van der Waals surface area contributed by atoms with Crippen molar-refractivity contribution in [1.29, 1.82) is 0 Å². The van der Waals surface area contributed by atoms with E-state index in [0.29, 0.717) is 19.0 Å². The summed E-state index contributed by atoms with van der Waals surface area (Å²) >= 11 is 0. The first kappa shape index (κ1) is 17.9. The van der Waals surface area contributed by atoms with Gasteiger partial charge in [-0.1, -0.05) is 0 Å². The molecule has 21 heavy (non-hydrogen) atoms. The molecule has 1 N–H and O–H groups in total. The highest BCUT2D eigenvalue weighted by molar-refractivity contribution is 5.85. The molecule has 1 fully saturated rings. The summed E-state index contributed by atoms with van der Waals surface area (Å²) in [6.45, 7) is 0.520. The Morgan fingerprint density at radius 1 is 1.10 bits per heavy atom. The van der Waals surface area contributed by atoms with Gasteiger partial charge < -0.3 is 10.1 Å². The Balaban J connectivity index is 0.00000220. The third kappa shape index (κ3) is 3.55. The first-order valence-electron chi connectivity index (χ1n) is 5.74. The van der Waals surface area contributed by atoms with Crippen LogP contribution in [0.4, 0.5) is 26.3 Å². The fourth-order valence-electron chi connectivity index (χ4n) is 2.09. The molecule has 0 aliphatic carbocycles. The SMILES string of the molecule is COc1cc(C(F)(F)F)cc(C(F)(F)F)c1[C@@H]1CCN1.Cl. The highest BCUT2D eigenvalue weighted by atomic mass is 35.5. The number of rotatable bonds is 2. The van der Waals surface area contributed by atoms with Crippen LogP contribution >= 0.6 is 12.4 Å². The Morgan fingerprint density at radius 3 is 2.00 bits per heavy atom. The van der Waals surface area contributed by atoms with Gasteiger partial charge in [0.2, 0.25) is 0 Å². The lowest BCUT2D eigenvalue weighted by molar-refractivity contribution is -0.143.